The van der Waals surface area contributed by atoms with Crippen molar-refractivity contribution < 1.29 is 14.1 Å². The van der Waals surface area contributed by atoms with E-state index < -0.39 is 22.3 Å². The maximum absolute atomic E-state index is 13.2. The van der Waals surface area contributed by atoms with E-state index in [1.54, 1.807) is 0 Å². The molecule has 1 saturated carbocycles. The molecule has 0 aliphatic heterocycles. The lowest BCUT2D eigenvalue weighted by atomic mass is 9.93. The topological polar surface area (TPSA) is 98.3 Å². The third kappa shape index (κ3) is 2.24. The third-order valence-electron chi connectivity index (χ3n) is 3.00. The molecule has 1 fully saturated rings. The van der Waals surface area contributed by atoms with Crippen LogP contribution in [0.3, 0.4) is 0 Å². The minimum atomic E-state index is -0.901. The lowest BCUT2D eigenvalue weighted by Crippen LogP contribution is -2.39. The van der Waals surface area contributed by atoms with Gasteiger partial charge in [-0.15, -0.1) is 0 Å². The highest BCUT2D eigenvalue weighted by atomic mass is 19.1. The van der Waals surface area contributed by atoms with E-state index in [2.05, 4.69) is 5.32 Å². The molecule has 0 atom stereocenters. The summed E-state index contributed by atoms with van der Waals surface area (Å²) in [4.78, 5) is 21.8. The molecule has 0 spiro atoms. The Bertz CT molecular complexity index is 515. The van der Waals surface area contributed by atoms with E-state index in [0.717, 1.165) is 25.3 Å². The largest absolute Gasteiger partial charge is 0.396 e. The molecule has 0 bridgehead atoms. The average Bonchev–Trinajstić information content (AvgIpc) is 2.26. The quantitative estimate of drug-likeness (QED) is 0.485. The van der Waals surface area contributed by atoms with Gasteiger partial charge in [-0.3, -0.25) is 14.9 Å². The van der Waals surface area contributed by atoms with E-state index in [-0.39, 0.29) is 17.3 Å². The summed E-state index contributed by atoms with van der Waals surface area (Å²) in [7, 11) is 0. The Morgan fingerprint density at radius 2 is 2.17 bits per heavy atom. The predicted molar refractivity (Wildman–Crippen MR) is 62.6 cm³/mol. The first kappa shape index (κ1) is 12.3. The Hall–Kier alpha value is -2.18. The molecule has 0 unspecified atom stereocenters. The fourth-order valence-electron chi connectivity index (χ4n) is 1.73. The van der Waals surface area contributed by atoms with E-state index >= 15 is 0 Å². The highest BCUT2D eigenvalue weighted by Gasteiger charge is 2.26. The zero-order chi connectivity index (χ0) is 13.3. The van der Waals surface area contributed by atoms with Gasteiger partial charge in [-0.2, -0.15) is 0 Å². The molecule has 1 aliphatic rings. The summed E-state index contributed by atoms with van der Waals surface area (Å²) < 4.78 is 13.2. The van der Waals surface area contributed by atoms with Gasteiger partial charge in [0.25, 0.3) is 11.6 Å². The monoisotopic (exact) mass is 253 g/mol. The van der Waals surface area contributed by atoms with E-state index in [9.17, 15) is 19.3 Å². The van der Waals surface area contributed by atoms with Gasteiger partial charge < -0.3 is 11.1 Å². The zero-order valence-electron chi connectivity index (χ0n) is 9.48. The Balaban J connectivity index is 2.32. The van der Waals surface area contributed by atoms with Gasteiger partial charge in [0.1, 0.15) is 5.56 Å². The summed E-state index contributed by atoms with van der Waals surface area (Å²) in [6, 6.07) is 1.72. The van der Waals surface area contributed by atoms with Crippen LogP contribution in [-0.2, 0) is 0 Å². The van der Waals surface area contributed by atoms with Crippen molar-refractivity contribution in [1.29, 1.82) is 0 Å². The van der Waals surface area contributed by atoms with E-state index in [4.69, 9.17) is 5.73 Å². The van der Waals surface area contributed by atoms with Crippen LogP contribution in [0.25, 0.3) is 0 Å². The minimum absolute atomic E-state index is 0.0448. The minimum Gasteiger partial charge on any atom is -0.396 e. The van der Waals surface area contributed by atoms with Gasteiger partial charge in [0.05, 0.1) is 16.7 Å². The molecule has 1 aliphatic carbocycles. The first-order valence-electron chi connectivity index (χ1n) is 5.53. The number of nitro benzene ring substituents is 1. The second kappa shape index (κ2) is 4.59. The van der Waals surface area contributed by atoms with Crippen LogP contribution >= 0.6 is 0 Å². The van der Waals surface area contributed by atoms with Gasteiger partial charge in [-0.05, 0) is 25.3 Å². The van der Waals surface area contributed by atoms with Gasteiger partial charge in [-0.1, -0.05) is 0 Å². The number of carbonyl (C=O) groups is 1. The molecule has 1 amide bonds. The second-order valence-corrected chi connectivity index (χ2v) is 4.25. The highest BCUT2D eigenvalue weighted by molar-refractivity contribution is 5.99. The number of hydrogen-bond acceptors (Lipinski definition) is 4. The third-order valence-corrected chi connectivity index (χ3v) is 3.00. The molecule has 0 heterocycles. The van der Waals surface area contributed by atoms with Crippen molar-refractivity contribution in [1.82, 2.24) is 5.32 Å². The molecule has 2 rings (SSSR count). The molecular formula is C11H12FN3O3. The molecule has 0 saturated heterocycles. The van der Waals surface area contributed by atoms with Crippen LogP contribution in [0.1, 0.15) is 29.6 Å². The summed E-state index contributed by atoms with van der Waals surface area (Å²) in [5, 5.41) is 13.4. The molecule has 3 N–H and O–H groups in total. The number of benzene rings is 1. The van der Waals surface area contributed by atoms with Crippen LogP contribution in [0.5, 0.6) is 0 Å². The standard InChI is InChI=1S/C11H12FN3O3/c12-8-5-10(15(17)18)7(4-9(8)13)11(16)14-6-2-1-3-6/h4-6H,1-3,13H2,(H,14,16). The molecule has 0 radical (unpaired) electrons. The number of nitro groups is 1. The van der Waals surface area contributed by atoms with Crippen molar-refractivity contribution in [2.75, 3.05) is 5.73 Å². The SMILES string of the molecule is Nc1cc(C(=O)NC2CCC2)c([N+](=O)[O-])cc1F. The van der Waals surface area contributed by atoms with Crippen molar-refractivity contribution in [3.8, 4) is 0 Å². The van der Waals surface area contributed by atoms with E-state index in [1.807, 2.05) is 0 Å². The highest BCUT2D eigenvalue weighted by Crippen LogP contribution is 2.25. The first-order valence-corrected chi connectivity index (χ1v) is 5.53. The number of nitrogens with one attached hydrogen (secondary N) is 1. The van der Waals surface area contributed by atoms with Crippen LogP contribution in [-0.4, -0.2) is 16.9 Å². The summed E-state index contributed by atoms with van der Waals surface area (Å²) in [6.07, 6.45) is 2.74. The van der Waals surface area contributed by atoms with Crippen molar-refractivity contribution in [2.24, 2.45) is 0 Å². The number of nitrogens with zero attached hydrogens (tertiary/aromatic N) is 1. The fraction of sp³-hybridized carbons (Fsp3) is 0.364. The fourth-order valence-corrected chi connectivity index (χ4v) is 1.73. The number of halogens is 1. The van der Waals surface area contributed by atoms with Crippen molar-refractivity contribution in [3.05, 3.63) is 33.6 Å². The lowest BCUT2D eigenvalue weighted by Gasteiger charge is -2.26. The number of carbonyl (C=O) groups excluding carboxylic acids is 1. The molecule has 0 aromatic heterocycles. The molecule has 96 valence electrons. The van der Waals surface area contributed by atoms with E-state index in [1.165, 1.54) is 0 Å². The van der Waals surface area contributed by atoms with Crippen LogP contribution in [0, 0.1) is 15.9 Å². The Labute approximate surface area is 102 Å². The van der Waals surface area contributed by atoms with Gasteiger partial charge in [0, 0.05) is 6.04 Å². The number of anilines is 1. The maximum atomic E-state index is 13.2. The zero-order valence-corrected chi connectivity index (χ0v) is 9.48. The Kier molecular flexibility index (Phi) is 3.14. The number of nitrogen functional groups attached to an aromatic ring is 1. The number of nitrogens with two attached hydrogens (primary N) is 1. The van der Waals surface area contributed by atoms with Crippen molar-refractivity contribution >= 4 is 17.3 Å². The molecular weight excluding hydrogens is 241 g/mol. The lowest BCUT2D eigenvalue weighted by molar-refractivity contribution is -0.385. The number of hydrogen-bond donors (Lipinski definition) is 2. The van der Waals surface area contributed by atoms with Gasteiger partial charge in [0.2, 0.25) is 0 Å². The van der Waals surface area contributed by atoms with Crippen molar-refractivity contribution in [2.45, 2.75) is 25.3 Å². The first-order chi connectivity index (χ1) is 8.49. The van der Waals surface area contributed by atoms with Gasteiger partial charge in [-0.25, -0.2) is 4.39 Å². The van der Waals surface area contributed by atoms with Gasteiger partial charge >= 0.3 is 0 Å². The molecule has 1 aromatic carbocycles. The number of rotatable bonds is 3. The van der Waals surface area contributed by atoms with Crippen LogP contribution < -0.4 is 11.1 Å². The Morgan fingerprint density at radius 3 is 2.67 bits per heavy atom. The smallest absolute Gasteiger partial charge is 0.285 e. The summed E-state index contributed by atoms with van der Waals surface area (Å²) >= 11 is 0. The normalized spacial score (nSPS) is 14.9. The predicted octanol–water partition coefficient (Wildman–Crippen LogP) is 1.60. The maximum Gasteiger partial charge on any atom is 0.285 e. The van der Waals surface area contributed by atoms with E-state index in [0.29, 0.717) is 6.07 Å². The Morgan fingerprint density at radius 1 is 1.50 bits per heavy atom. The summed E-state index contributed by atoms with van der Waals surface area (Å²) in [5.74, 6) is -1.49. The van der Waals surface area contributed by atoms with Crippen LogP contribution in [0.4, 0.5) is 15.8 Å². The van der Waals surface area contributed by atoms with Crippen molar-refractivity contribution in [3.63, 3.8) is 0 Å². The summed E-state index contributed by atoms with van der Waals surface area (Å²) in [5.41, 5.74) is 4.28. The molecule has 18 heavy (non-hydrogen) atoms. The molecule has 6 nitrogen and oxygen atoms in total. The van der Waals surface area contributed by atoms with Gasteiger partial charge in [0.15, 0.2) is 5.82 Å². The second-order valence-electron chi connectivity index (χ2n) is 4.25. The summed E-state index contributed by atoms with van der Waals surface area (Å²) in [6.45, 7) is 0. The average molecular weight is 253 g/mol. The number of amides is 1. The van der Waals surface area contributed by atoms with Crippen LogP contribution in [0.2, 0.25) is 0 Å². The van der Waals surface area contributed by atoms with Crippen LogP contribution in [0.15, 0.2) is 12.1 Å². The molecule has 1 aromatic rings. The molecule has 7 heteroatoms.